The van der Waals surface area contributed by atoms with E-state index in [1.165, 1.54) is 12.0 Å². The Morgan fingerprint density at radius 1 is 1.25 bits per heavy atom. The summed E-state index contributed by atoms with van der Waals surface area (Å²) in [5.41, 5.74) is 1.93. The summed E-state index contributed by atoms with van der Waals surface area (Å²) in [5.74, 6) is -0.313. The van der Waals surface area contributed by atoms with Crippen molar-refractivity contribution in [3.63, 3.8) is 0 Å². The van der Waals surface area contributed by atoms with Gasteiger partial charge in [0.1, 0.15) is 0 Å². The number of imide groups is 1. The first-order valence-electron chi connectivity index (χ1n) is 5.98. The second-order valence-electron chi connectivity index (χ2n) is 4.48. The van der Waals surface area contributed by atoms with Crippen LogP contribution in [0.25, 0.3) is 0 Å². The normalized spacial score (nSPS) is 22.8. The molecule has 2 amide bonds. The lowest BCUT2D eigenvalue weighted by molar-refractivity contribution is -0.124. The SMILES string of the molecule is CCCN1CCC(=C2CC(=O)NC2=O)CC1. The van der Waals surface area contributed by atoms with Crippen LogP contribution in [0.4, 0.5) is 0 Å². The predicted octanol–water partition coefficient (Wildman–Crippen LogP) is 0.835. The number of hydrogen-bond donors (Lipinski definition) is 1. The smallest absolute Gasteiger partial charge is 0.254 e. The molecule has 0 radical (unpaired) electrons. The van der Waals surface area contributed by atoms with E-state index in [4.69, 9.17) is 0 Å². The van der Waals surface area contributed by atoms with Gasteiger partial charge in [0.05, 0.1) is 6.42 Å². The first-order chi connectivity index (χ1) is 7.70. The molecule has 0 aliphatic carbocycles. The summed E-state index contributed by atoms with van der Waals surface area (Å²) in [5, 5.41) is 2.35. The molecular formula is C12H18N2O2. The van der Waals surface area contributed by atoms with E-state index in [0.717, 1.165) is 38.0 Å². The highest BCUT2D eigenvalue weighted by Gasteiger charge is 2.28. The van der Waals surface area contributed by atoms with Gasteiger partial charge in [-0.15, -0.1) is 0 Å². The molecule has 2 aliphatic rings. The van der Waals surface area contributed by atoms with Gasteiger partial charge in [-0.05, 0) is 25.8 Å². The van der Waals surface area contributed by atoms with Gasteiger partial charge in [-0.1, -0.05) is 12.5 Å². The van der Waals surface area contributed by atoms with Crippen LogP contribution in [0.2, 0.25) is 0 Å². The Labute approximate surface area is 95.7 Å². The van der Waals surface area contributed by atoms with Crippen molar-refractivity contribution in [3.05, 3.63) is 11.1 Å². The largest absolute Gasteiger partial charge is 0.303 e. The van der Waals surface area contributed by atoms with Crippen LogP contribution in [-0.4, -0.2) is 36.3 Å². The Balaban J connectivity index is 2.00. The van der Waals surface area contributed by atoms with Gasteiger partial charge < -0.3 is 4.90 Å². The van der Waals surface area contributed by atoms with Gasteiger partial charge in [0.2, 0.25) is 5.91 Å². The van der Waals surface area contributed by atoms with Crippen LogP contribution in [-0.2, 0) is 9.59 Å². The van der Waals surface area contributed by atoms with Crippen LogP contribution < -0.4 is 5.32 Å². The maximum atomic E-state index is 11.5. The van der Waals surface area contributed by atoms with Crippen molar-refractivity contribution in [3.8, 4) is 0 Å². The molecule has 2 saturated heterocycles. The molecule has 2 aliphatic heterocycles. The van der Waals surface area contributed by atoms with Gasteiger partial charge in [-0.25, -0.2) is 0 Å². The van der Waals surface area contributed by atoms with Crippen molar-refractivity contribution < 1.29 is 9.59 Å². The fraction of sp³-hybridized carbons (Fsp3) is 0.667. The van der Waals surface area contributed by atoms with Crippen molar-refractivity contribution in [1.82, 2.24) is 10.2 Å². The number of nitrogens with one attached hydrogen (secondary N) is 1. The molecule has 0 bridgehead atoms. The zero-order chi connectivity index (χ0) is 11.5. The topological polar surface area (TPSA) is 49.4 Å². The summed E-state index contributed by atoms with van der Waals surface area (Å²) in [6.07, 6.45) is 3.35. The van der Waals surface area contributed by atoms with Crippen LogP contribution in [0.15, 0.2) is 11.1 Å². The first kappa shape index (κ1) is 11.3. The average molecular weight is 222 g/mol. The van der Waals surface area contributed by atoms with Crippen molar-refractivity contribution in [1.29, 1.82) is 0 Å². The van der Waals surface area contributed by atoms with Gasteiger partial charge in [0.15, 0.2) is 0 Å². The number of nitrogens with zero attached hydrogens (tertiary/aromatic N) is 1. The molecule has 2 heterocycles. The molecule has 2 fully saturated rings. The number of piperidine rings is 1. The maximum absolute atomic E-state index is 11.5. The van der Waals surface area contributed by atoms with E-state index >= 15 is 0 Å². The van der Waals surface area contributed by atoms with Crippen LogP contribution in [0.3, 0.4) is 0 Å². The molecular weight excluding hydrogens is 204 g/mol. The molecule has 88 valence electrons. The minimum absolute atomic E-state index is 0.150. The number of carbonyl (C=O) groups is 2. The zero-order valence-corrected chi connectivity index (χ0v) is 9.71. The first-order valence-corrected chi connectivity index (χ1v) is 5.98. The van der Waals surface area contributed by atoms with Gasteiger partial charge in [0.25, 0.3) is 5.91 Å². The number of hydrogen-bond acceptors (Lipinski definition) is 3. The van der Waals surface area contributed by atoms with Gasteiger partial charge >= 0.3 is 0 Å². The minimum atomic E-state index is -0.163. The molecule has 1 N–H and O–H groups in total. The fourth-order valence-electron chi connectivity index (χ4n) is 2.44. The second-order valence-corrected chi connectivity index (χ2v) is 4.48. The van der Waals surface area contributed by atoms with E-state index < -0.39 is 0 Å². The Morgan fingerprint density at radius 3 is 2.44 bits per heavy atom. The third-order valence-corrected chi connectivity index (χ3v) is 3.29. The van der Waals surface area contributed by atoms with E-state index in [0.29, 0.717) is 6.42 Å². The quantitative estimate of drug-likeness (QED) is 0.556. The molecule has 0 spiro atoms. The summed E-state index contributed by atoms with van der Waals surface area (Å²) in [6, 6.07) is 0. The summed E-state index contributed by atoms with van der Waals surface area (Å²) < 4.78 is 0. The van der Waals surface area contributed by atoms with Gasteiger partial charge in [-0.2, -0.15) is 0 Å². The molecule has 0 aromatic rings. The standard InChI is InChI=1S/C12H18N2O2/c1-2-5-14-6-3-9(4-7-14)10-8-11(15)13-12(10)16/h2-8H2,1H3,(H,13,15,16). The lowest BCUT2D eigenvalue weighted by atomic mass is 9.97. The average Bonchev–Trinajstić information content (AvgIpc) is 2.59. The monoisotopic (exact) mass is 222 g/mol. The Hall–Kier alpha value is -1.16. The number of likely N-dealkylation sites (tertiary alicyclic amines) is 1. The lowest BCUT2D eigenvalue weighted by Crippen LogP contribution is -2.32. The van der Waals surface area contributed by atoms with Crippen molar-refractivity contribution >= 4 is 11.8 Å². The number of amides is 2. The van der Waals surface area contributed by atoms with Crippen LogP contribution in [0, 0.1) is 0 Å². The molecule has 2 rings (SSSR count). The summed E-state index contributed by atoms with van der Waals surface area (Å²) in [7, 11) is 0. The van der Waals surface area contributed by atoms with Gasteiger partial charge in [-0.3, -0.25) is 14.9 Å². The van der Waals surface area contributed by atoms with Crippen molar-refractivity contribution in [2.45, 2.75) is 32.6 Å². The van der Waals surface area contributed by atoms with Crippen LogP contribution in [0.5, 0.6) is 0 Å². The summed E-state index contributed by atoms with van der Waals surface area (Å²) in [4.78, 5) is 25.0. The number of carbonyl (C=O) groups excluding carboxylic acids is 2. The summed E-state index contributed by atoms with van der Waals surface area (Å²) >= 11 is 0. The summed E-state index contributed by atoms with van der Waals surface area (Å²) in [6.45, 7) is 5.35. The zero-order valence-electron chi connectivity index (χ0n) is 9.71. The molecule has 16 heavy (non-hydrogen) atoms. The maximum Gasteiger partial charge on any atom is 0.254 e. The molecule has 0 saturated carbocycles. The third-order valence-electron chi connectivity index (χ3n) is 3.29. The fourth-order valence-corrected chi connectivity index (χ4v) is 2.44. The predicted molar refractivity (Wildman–Crippen MR) is 60.8 cm³/mol. The van der Waals surface area contributed by atoms with Gasteiger partial charge in [0, 0.05) is 18.7 Å². The van der Waals surface area contributed by atoms with E-state index in [2.05, 4.69) is 17.1 Å². The van der Waals surface area contributed by atoms with E-state index in [1.807, 2.05) is 0 Å². The second kappa shape index (κ2) is 4.78. The van der Waals surface area contributed by atoms with E-state index in [-0.39, 0.29) is 11.8 Å². The van der Waals surface area contributed by atoms with E-state index in [9.17, 15) is 9.59 Å². The van der Waals surface area contributed by atoms with E-state index in [1.54, 1.807) is 0 Å². The van der Waals surface area contributed by atoms with Crippen molar-refractivity contribution in [2.24, 2.45) is 0 Å². The third kappa shape index (κ3) is 2.32. The molecule has 0 aromatic heterocycles. The highest BCUT2D eigenvalue weighted by Crippen LogP contribution is 2.24. The Kier molecular flexibility index (Phi) is 3.39. The van der Waals surface area contributed by atoms with Crippen molar-refractivity contribution in [2.75, 3.05) is 19.6 Å². The molecule has 0 atom stereocenters. The Bertz CT molecular complexity index is 337. The molecule has 0 unspecified atom stereocenters. The minimum Gasteiger partial charge on any atom is -0.303 e. The Morgan fingerprint density at radius 2 is 1.94 bits per heavy atom. The highest BCUT2D eigenvalue weighted by atomic mass is 16.2. The molecule has 4 heteroatoms. The highest BCUT2D eigenvalue weighted by molar-refractivity contribution is 6.13. The number of rotatable bonds is 2. The molecule has 4 nitrogen and oxygen atoms in total. The van der Waals surface area contributed by atoms with Crippen LogP contribution >= 0.6 is 0 Å². The van der Waals surface area contributed by atoms with Crippen LogP contribution in [0.1, 0.15) is 32.6 Å². The lowest BCUT2D eigenvalue weighted by Gasteiger charge is -2.28. The molecule has 0 aromatic carbocycles.